The molecule has 3 heterocycles. The number of thioether (sulfide) groups is 1. The van der Waals surface area contributed by atoms with E-state index >= 15 is 0 Å². The molecule has 0 aromatic carbocycles. The molecule has 1 fully saturated rings. The molecule has 0 aliphatic carbocycles. The molecule has 1 amide bonds. The van der Waals surface area contributed by atoms with E-state index in [2.05, 4.69) is 40.1 Å². The molecule has 0 bridgehead atoms. The molecule has 8 nitrogen and oxygen atoms in total. The van der Waals surface area contributed by atoms with Crippen LogP contribution in [0.25, 0.3) is 0 Å². The monoisotopic (exact) mass is 419 g/mol. The van der Waals surface area contributed by atoms with Gasteiger partial charge in [0.2, 0.25) is 0 Å². The molecule has 0 atom stereocenters. The Kier molecular flexibility index (Phi) is 7.91. The minimum atomic E-state index is -0.236. The summed E-state index contributed by atoms with van der Waals surface area (Å²) in [6, 6.07) is 5.60. The average Bonchev–Trinajstić information content (AvgIpc) is 3.22. The first kappa shape index (κ1) is 21.6. The van der Waals surface area contributed by atoms with Crippen molar-refractivity contribution in [1.82, 2.24) is 20.2 Å². The van der Waals surface area contributed by atoms with Gasteiger partial charge in [-0.15, -0.1) is 0 Å². The quantitative estimate of drug-likeness (QED) is 0.376. The highest BCUT2D eigenvalue weighted by Crippen LogP contribution is 2.24. The molecule has 3 rings (SSSR count). The highest BCUT2D eigenvalue weighted by atomic mass is 32.2. The zero-order valence-corrected chi connectivity index (χ0v) is 18.1. The summed E-state index contributed by atoms with van der Waals surface area (Å²) in [5, 5.41) is 3.49. The molecule has 1 aliphatic rings. The van der Waals surface area contributed by atoms with Crippen LogP contribution in [0, 0.1) is 0 Å². The second-order valence-electron chi connectivity index (χ2n) is 6.95. The maximum absolute atomic E-state index is 12.0. The van der Waals surface area contributed by atoms with Crippen molar-refractivity contribution in [2.45, 2.75) is 24.3 Å². The van der Waals surface area contributed by atoms with Gasteiger partial charge < -0.3 is 24.3 Å². The molecule has 2 aromatic heterocycles. The van der Waals surface area contributed by atoms with E-state index in [1.807, 2.05) is 6.07 Å². The highest BCUT2D eigenvalue weighted by Gasteiger charge is 2.17. The van der Waals surface area contributed by atoms with Gasteiger partial charge in [-0.25, -0.2) is 9.97 Å². The Morgan fingerprint density at radius 1 is 1.28 bits per heavy atom. The van der Waals surface area contributed by atoms with E-state index < -0.39 is 0 Å². The number of carbonyl (C=O) groups excluding carboxylic acids is 1. The van der Waals surface area contributed by atoms with Gasteiger partial charge in [0, 0.05) is 51.6 Å². The van der Waals surface area contributed by atoms with Crippen LogP contribution in [0.15, 0.2) is 27.8 Å². The number of hydrogen-bond donors (Lipinski definition) is 1. The number of likely N-dealkylation sites (N-methyl/N-ethyl adjacent to an activating group) is 1. The van der Waals surface area contributed by atoms with E-state index in [-0.39, 0.29) is 5.91 Å². The predicted molar refractivity (Wildman–Crippen MR) is 114 cm³/mol. The Labute approximate surface area is 176 Å². The molecule has 158 valence electrons. The summed E-state index contributed by atoms with van der Waals surface area (Å²) in [5.41, 5.74) is 1.04. The number of amides is 1. The van der Waals surface area contributed by atoms with E-state index in [9.17, 15) is 4.79 Å². The lowest BCUT2D eigenvalue weighted by atomic mass is 10.3. The largest absolute Gasteiger partial charge is 0.455 e. The van der Waals surface area contributed by atoms with Crippen LogP contribution in [0.4, 0.5) is 5.82 Å². The summed E-state index contributed by atoms with van der Waals surface area (Å²) in [6.45, 7) is 7.04. The van der Waals surface area contributed by atoms with Crippen molar-refractivity contribution in [3.63, 3.8) is 0 Å². The van der Waals surface area contributed by atoms with Gasteiger partial charge in [-0.1, -0.05) is 18.7 Å². The zero-order valence-electron chi connectivity index (χ0n) is 17.3. The van der Waals surface area contributed by atoms with Gasteiger partial charge in [-0.05, 0) is 25.6 Å². The van der Waals surface area contributed by atoms with E-state index in [0.717, 1.165) is 55.0 Å². The van der Waals surface area contributed by atoms with Crippen molar-refractivity contribution in [1.29, 1.82) is 0 Å². The molecule has 0 radical (unpaired) electrons. The number of hydrogen-bond acceptors (Lipinski definition) is 8. The second-order valence-corrected chi connectivity index (χ2v) is 7.89. The van der Waals surface area contributed by atoms with Crippen molar-refractivity contribution in [2.24, 2.45) is 0 Å². The lowest BCUT2D eigenvalue weighted by molar-refractivity contribution is 0.0908. The Hall–Kier alpha value is -2.10. The zero-order chi connectivity index (χ0) is 20.6. The number of carbonyl (C=O) groups is 1. The van der Waals surface area contributed by atoms with Crippen molar-refractivity contribution in [2.75, 3.05) is 58.4 Å². The third-order valence-corrected chi connectivity index (χ3v) is 5.63. The van der Waals surface area contributed by atoms with Gasteiger partial charge in [-0.2, -0.15) is 0 Å². The number of anilines is 1. The molecule has 0 saturated carbocycles. The fraction of sp³-hybridized carbons (Fsp3) is 0.550. The normalized spacial score (nSPS) is 14.9. The Morgan fingerprint density at radius 2 is 2.07 bits per heavy atom. The maximum Gasteiger partial charge on any atom is 0.287 e. The van der Waals surface area contributed by atoms with Crippen molar-refractivity contribution in [3.05, 3.63) is 35.4 Å². The van der Waals surface area contributed by atoms with Crippen LogP contribution in [-0.4, -0.2) is 74.3 Å². The smallest absolute Gasteiger partial charge is 0.287 e. The summed E-state index contributed by atoms with van der Waals surface area (Å²) in [4.78, 5) is 26.1. The third-order valence-electron chi connectivity index (χ3n) is 4.76. The van der Waals surface area contributed by atoms with Gasteiger partial charge in [0.25, 0.3) is 5.91 Å². The van der Waals surface area contributed by atoms with Gasteiger partial charge in [0.05, 0.1) is 12.4 Å². The van der Waals surface area contributed by atoms with E-state index in [1.54, 1.807) is 13.2 Å². The summed E-state index contributed by atoms with van der Waals surface area (Å²) >= 11 is 1.52. The minimum absolute atomic E-state index is 0.236. The molecule has 29 heavy (non-hydrogen) atoms. The number of nitrogens with one attached hydrogen (secondary N) is 1. The molecule has 0 spiro atoms. The van der Waals surface area contributed by atoms with E-state index in [4.69, 9.17) is 14.1 Å². The lowest BCUT2D eigenvalue weighted by Crippen LogP contribution is -2.44. The van der Waals surface area contributed by atoms with Crippen LogP contribution in [0.1, 0.15) is 28.9 Å². The SMILES string of the molecule is CCc1cc(N2CCN(C)CC2)nc(SCc2ccc(C(=O)NCCOC)o2)n1. The standard InChI is InChI=1S/C20H29N5O3S/c1-4-15-13-18(25-10-8-24(2)9-11-25)23-20(22-15)29-14-16-5-6-17(28-16)19(26)21-7-12-27-3/h5-6,13H,4,7-12,14H2,1-3H3,(H,21,26). The number of rotatable bonds is 9. The molecule has 1 saturated heterocycles. The summed E-state index contributed by atoms with van der Waals surface area (Å²) in [7, 11) is 3.74. The summed E-state index contributed by atoms with van der Waals surface area (Å²) in [5.74, 6) is 2.35. The average molecular weight is 420 g/mol. The fourth-order valence-corrected chi connectivity index (χ4v) is 3.74. The molecular formula is C20H29N5O3S. The summed E-state index contributed by atoms with van der Waals surface area (Å²) < 4.78 is 10.6. The third kappa shape index (κ3) is 6.19. The van der Waals surface area contributed by atoms with Crippen LogP contribution in [0.5, 0.6) is 0 Å². The number of aromatic nitrogens is 2. The number of furan rings is 1. The van der Waals surface area contributed by atoms with Gasteiger partial charge in [0.1, 0.15) is 11.6 Å². The van der Waals surface area contributed by atoms with Crippen molar-refractivity contribution < 1.29 is 13.9 Å². The molecule has 0 unspecified atom stereocenters. The highest BCUT2D eigenvalue weighted by molar-refractivity contribution is 7.98. The van der Waals surface area contributed by atoms with Crippen LogP contribution >= 0.6 is 11.8 Å². The molecule has 1 N–H and O–H groups in total. The van der Waals surface area contributed by atoms with Crippen LogP contribution in [0.3, 0.4) is 0 Å². The van der Waals surface area contributed by atoms with Crippen LogP contribution < -0.4 is 10.2 Å². The first-order chi connectivity index (χ1) is 14.1. The maximum atomic E-state index is 12.0. The van der Waals surface area contributed by atoms with Gasteiger partial charge in [-0.3, -0.25) is 4.79 Å². The number of piperazine rings is 1. The van der Waals surface area contributed by atoms with Gasteiger partial charge >= 0.3 is 0 Å². The van der Waals surface area contributed by atoms with Gasteiger partial charge in [0.15, 0.2) is 10.9 Å². The first-order valence-corrected chi connectivity index (χ1v) is 10.9. The molecular weight excluding hydrogens is 390 g/mol. The van der Waals surface area contributed by atoms with Crippen LogP contribution in [-0.2, 0) is 16.9 Å². The second kappa shape index (κ2) is 10.6. The van der Waals surface area contributed by atoms with Crippen molar-refractivity contribution in [3.8, 4) is 0 Å². The van der Waals surface area contributed by atoms with E-state index in [1.165, 1.54) is 11.8 Å². The van der Waals surface area contributed by atoms with E-state index in [0.29, 0.717) is 24.7 Å². The number of methoxy groups -OCH3 is 1. The molecule has 9 heteroatoms. The van der Waals surface area contributed by atoms with Crippen LogP contribution in [0.2, 0.25) is 0 Å². The minimum Gasteiger partial charge on any atom is -0.455 e. The fourth-order valence-electron chi connectivity index (χ4n) is 2.97. The number of ether oxygens (including phenoxy) is 1. The first-order valence-electron chi connectivity index (χ1n) is 9.89. The number of aryl methyl sites for hydroxylation is 1. The Balaban J connectivity index is 1.61. The Bertz CT molecular complexity index is 805. The Morgan fingerprint density at radius 3 is 2.79 bits per heavy atom. The van der Waals surface area contributed by atoms with Crippen molar-refractivity contribution >= 4 is 23.5 Å². The summed E-state index contributed by atoms with van der Waals surface area (Å²) in [6.07, 6.45) is 0.864. The predicted octanol–water partition coefficient (Wildman–Crippen LogP) is 2.05. The molecule has 2 aromatic rings. The topological polar surface area (TPSA) is 83.7 Å². The number of nitrogens with zero attached hydrogens (tertiary/aromatic N) is 4. The molecule has 1 aliphatic heterocycles. The lowest BCUT2D eigenvalue weighted by Gasteiger charge is -2.33.